The van der Waals surface area contributed by atoms with Crippen LogP contribution in [0.5, 0.6) is 5.75 Å². The average Bonchev–Trinajstić information content (AvgIpc) is 3.19. The van der Waals surface area contributed by atoms with Crippen molar-refractivity contribution in [3.63, 3.8) is 0 Å². The molecule has 1 heterocycles. The van der Waals surface area contributed by atoms with Crippen LogP contribution in [0.3, 0.4) is 0 Å². The van der Waals surface area contributed by atoms with Crippen LogP contribution in [0.1, 0.15) is 65.5 Å². The highest BCUT2D eigenvalue weighted by atomic mass is 16.5. The summed E-state index contributed by atoms with van der Waals surface area (Å²) in [5.74, 6) is -0.540. The number of rotatable bonds is 11. The van der Waals surface area contributed by atoms with Crippen LogP contribution in [0.25, 0.3) is 0 Å². The molecule has 0 aliphatic carbocycles. The van der Waals surface area contributed by atoms with E-state index < -0.39 is 11.6 Å². The van der Waals surface area contributed by atoms with Gasteiger partial charge in [-0.05, 0) is 62.6 Å². The monoisotopic (exact) mass is 555 g/mol. The van der Waals surface area contributed by atoms with Gasteiger partial charge in [0.1, 0.15) is 11.8 Å². The van der Waals surface area contributed by atoms with Crippen molar-refractivity contribution in [2.45, 2.75) is 58.2 Å². The van der Waals surface area contributed by atoms with Crippen LogP contribution >= 0.6 is 0 Å². The first-order valence-corrected chi connectivity index (χ1v) is 13.8. The highest BCUT2D eigenvalue weighted by molar-refractivity contribution is 6.21. The fourth-order valence-electron chi connectivity index (χ4n) is 4.95. The molecule has 4 amide bonds. The van der Waals surface area contributed by atoms with Crippen molar-refractivity contribution >= 4 is 23.6 Å². The molecule has 41 heavy (non-hydrogen) atoms. The Hall–Kier alpha value is -4.46. The van der Waals surface area contributed by atoms with Crippen molar-refractivity contribution < 1.29 is 23.9 Å². The molecule has 8 heteroatoms. The molecule has 0 bridgehead atoms. The molecular weight excluding hydrogens is 518 g/mol. The third kappa shape index (κ3) is 7.39. The number of benzene rings is 3. The SMILES string of the molecule is COc1cccc(CN(C(=O)CCCN2C(=O)c3ccccc3C2=O)[C@@H](Cc2ccccc2)C(=O)NC(C)(C)C)c1. The largest absolute Gasteiger partial charge is 0.497 e. The van der Waals surface area contributed by atoms with Crippen molar-refractivity contribution in [1.82, 2.24) is 15.1 Å². The Morgan fingerprint density at radius 2 is 1.49 bits per heavy atom. The summed E-state index contributed by atoms with van der Waals surface area (Å²) in [5, 5.41) is 3.05. The Kier molecular flexibility index (Phi) is 9.22. The number of fused-ring (bicyclic) bond motifs is 1. The predicted octanol–water partition coefficient (Wildman–Crippen LogP) is 4.63. The van der Waals surface area contributed by atoms with Gasteiger partial charge in [-0.15, -0.1) is 0 Å². The molecule has 0 saturated heterocycles. The van der Waals surface area contributed by atoms with Gasteiger partial charge in [0.05, 0.1) is 18.2 Å². The molecule has 0 unspecified atom stereocenters. The second kappa shape index (κ2) is 12.8. The smallest absolute Gasteiger partial charge is 0.261 e. The van der Waals surface area contributed by atoms with Gasteiger partial charge < -0.3 is 15.0 Å². The van der Waals surface area contributed by atoms with Crippen LogP contribution in [0.2, 0.25) is 0 Å². The molecule has 0 fully saturated rings. The van der Waals surface area contributed by atoms with E-state index in [1.165, 1.54) is 4.90 Å². The number of ether oxygens (including phenoxy) is 1. The average molecular weight is 556 g/mol. The van der Waals surface area contributed by atoms with Gasteiger partial charge >= 0.3 is 0 Å². The second-order valence-electron chi connectivity index (χ2n) is 11.2. The highest BCUT2D eigenvalue weighted by Crippen LogP contribution is 2.24. The van der Waals surface area contributed by atoms with Crippen LogP contribution in [-0.2, 0) is 22.6 Å². The molecular formula is C33H37N3O5. The first-order valence-electron chi connectivity index (χ1n) is 13.8. The minimum absolute atomic E-state index is 0.0610. The topological polar surface area (TPSA) is 96.0 Å². The lowest BCUT2D eigenvalue weighted by Gasteiger charge is -2.34. The van der Waals surface area contributed by atoms with E-state index in [0.717, 1.165) is 11.1 Å². The number of hydrogen-bond acceptors (Lipinski definition) is 5. The van der Waals surface area contributed by atoms with Crippen LogP contribution < -0.4 is 10.1 Å². The number of carbonyl (C=O) groups is 4. The van der Waals surface area contributed by atoms with Crippen LogP contribution in [0.15, 0.2) is 78.9 Å². The summed E-state index contributed by atoms with van der Waals surface area (Å²) in [4.78, 5) is 56.0. The molecule has 1 aliphatic rings. The first-order chi connectivity index (χ1) is 19.6. The van der Waals surface area contributed by atoms with E-state index in [0.29, 0.717) is 23.3 Å². The van der Waals surface area contributed by atoms with E-state index in [2.05, 4.69) is 5.32 Å². The summed E-state index contributed by atoms with van der Waals surface area (Å²) < 4.78 is 5.38. The van der Waals surface area contributed by atoms with E-state index >= 15 is 0 Å². The summed E-state index contributed by atoms with van der Waals surface area (Å²) in [5.41, 5.74) is 2.01. The van der Waals surface area contributed by atoms with Gasteiger partial charge in [-0.2, -0.15) is 0 Å². The van der Waals surface area contributed by atoms with Crippen molar-refractivity contribution in [1.29, 1.82) is 0 Å². The summed E-state index contributed by atoms with van der Waals surface area (Å²) in [6.07, 6.45) is 0.667. The zero-order valence-corrected chi connectivity index (χ0v) is 24.1. The van der Waals surface area contributed by atoms with Crippen molar-refractivity contribution in [3.05, 3.63) is 101 Å². The number of imide groups is 1. The molecule has 1 aliphatic heterocycles. The van der Waals surface area contributed by atoms with Crippen molar-refractivity contribution in [2.75, 3.05) is 13.7 Å². The molecule has 3 aromatic carbocycles. The summed E-state index contributed by atoms with van der Waals surface area (Å²) in [6.45, 7) is 6.02. The van der Waals surface area contributed by atoms with Gasteiger partial charge in [0.25, 0.3) is 11.8 Å². The summed E-state index contributed by atoms with van der Waals surface area (Å²) in [6, 6.07) is 23.0. The van der Waals surface area contributed by atoms with Gasteiger partial charge in [0.2, 0.25) is 11.8 Å². The van der Waals surface area contributed by atoms with E-state index in [-0.39, 0.29) is 49.6 Å². The minimum Gasteiger partial charge on any atom is -0.497 e. The molecule has 214 valence electrons. The van der Waals surface area contributed by atoms with Crippen LogP contribution in [0, 0.1) is 0 Å². The Morgan fingerprint density at radius 3 is 2.10 bits per heavy atom. The van der Waals surface area contributed by atoms with Gasteiger partial charge in [0.15, 0.2) is 0 Å². The maximum absolute atomic E-state index is 13.9. The lowest BCUT2D eigenvalue weighted by atomic mass is 10.00. The van der Waals surface area contributed by atoms with Crippen LogP contribution in [-0.4, -0.2) is 58.7 Å². The molecule has 8 nitrogen and oxygen atoms in total. The van der Waals surface area contributed by atoms with E-state index in [1.807, 2.05) is 75.4 Å². The molecule has 0 aromatic heterocycles. The summed E-state index contributed by atoms with van der Waals surface area (Å²) in [7, 11) is 1.58. The maximum atomic E-state index is 13.9. The zero-order valence-electron chi connectivity index (χ0n) is 24.1. The van der Waals surface area contributed by atoms with Crippen molar-refractivity contribution in [2.24, 2.45) is 0 Å². The first kappa shape index (κ1) is 29.5. The van der Waals surface area contributed by atoms with E-state index in [4.69, 9.17) is 4.74 Å². The standard InChI is InChI=1S/C33H37N3O5/c1-33(2,3)34-30(38)28(21-23-12-6-5-7-13-23)36(22-24-14-10-15-25(20-24)41-4)29(37)18-11-19-35-31(39)26-16-8-9-17-27(26)32(35)40/h5-10,12-17,20,28H,11,18-19,21-22H2,1-4H3,(H,34,38)/t28-/m0/s1. The lowest BCUT2D eigenvalue weighted by molar-refractivity contribution is -0.142. The van der Waals surface area contributed by atoms with E-state index in [1.54, 1.807) is 36.3 Å². The third-order valence-corrected chi connectivity index (χ3v) is 6.91. The third-order valence-electron chi connectivity index (χ3n) is 6.91. The molecule has 1 N–H and O–H groups in total. The highest BCUT2D eigenvalue weighted by Gasteiger charge is 2.36. The van der Waals surface area contributed by atoms with Gasteiger partial charge in [-0.1, -0.05) is 54.6 Å². The predicted molar refractivity (Wildman–Crippen MR) is 156 cm³/mol. The number of carbonyl (C=O) groups excluding carboxylic acids is 4. The van der Waals surface area contributed by atoms with Crippen LogP contribution in [0.4, 0.5) is 0 Å². The van der Waals surface area contributed by atoms with Gasteiger partial charge in [-0.25, -0.2) is 0 Å². The second-order valence-corrected chi connectivity index (χ2v) is 11.2. The summed E-state index contributed by atoms with van der Waals surface area (Å²) >= 11 is 0. The molecule has 0 spiro atoms. The van der Waals surface area contributed by atoms with Crippen molar-refractivity contribution in [3.8, 4) is 5.75 Å². The zero-order chi connectivity index (χ0) is 29.6. The normalized spacial score (nSPS) is 13.5. The Balaban J connectivity index is 1.57. The molecule has 1 atom stereocenters. The Morgan fingerprint density at radius 1 is 0.878 bits per heavy atom. The van der Waals surface area contributed by atoms with E-state index in [9.17, 15) is 19.2 Å². The van der Waals surface area contributed by atoms with Gasteiger partial charge in [0, 0.05) is 31.5 Å². The maximum Gasteiger partial charge on any atom is 0.261 e. The fraction of sp³-hybridized carbons (Fsp3) is 0.333. The number of hydrogen-bond donors (Lipinski definition) is 1. The van der Waals surface area contributed by atoms with Gasteiger partial charge in [-0.3, -0.25) is 24.1 Å². The molecule has 0 saturated carbocycles. The fourth-order valence-corrected chi connectivity index (χ4v) is 4.95. The Bertz CT molecular complexity index is 1380. The molecule has 3 aromatic rings. The quantitative estimate of drug-likeness (QED) is 0.348. The molecule has 4 rings (SSSR count). The minimum atomic E-state index is -0.783. The number of methoxy groups -OCH3 is 1. The number of amides is 4. The lowest BCUT2D eigenvalue weighted by Crippen LogP contribution is -2.54. The number of nitrogens with zero attached hydrogens (tertiary/aromatic N) is 2. The Labute approximate surface area is 241 Å². The number of nitrogens with one attached hydrogen (secondary N) is 1. The molecule has 0 radical (unpaired) electrons.